The summed E-state index contributed by atoms with van der Waals surface area (Å²) in [7, 11) is 1.61. The minimum Gasteiger partial charge on any atom is -0.493 e. The summed E-state index contributed by atoms with van der Waals surface area (Å²) < 4.78 is 11.2. The lowest BCUT2D eigenvalue weighted by Gasteiger charge is -2.19. The van der Waals surface area contributed by atoms with Gasteiger partial charge in [-0.25, -0.2) is 4.99 Å². The van der Waals surface area contributed by atoms with Crippen LogP contribution in [-0.4, -0.2) is 44.7 Å². The lowest BCUT2D eigenvalue weighted by Crippen LogP contribution is -2.42. The van der Waals surface area contributed by atoms with Gasteiger partial charge in [-0.2, -0.15) is 0 Å². The van der Waals surface area contributed by atoms with Gasteiger partial charge in [0.25, 0.3) is 0 Å². The third-order valence-corrected chi connectivity index (χ3v) is 3.74. The van der Waals surface area contributed by atoms with Gasteiger partial charge in [0.1, 0.15) is 12.6 Å². The van der Waals surface area contributed by atoms with E-state index in [4.69, 9.17) is 9.47 Å². The summed E-state index contributed by atoms with van der Waals surface area (Å²) in [5, 5.41) is 9.12. The molecule has 1 unspecified atom stereocenters. The Morgan fingerprint density at radius 3 is 2.34 bits per heavy atom. The number of benzene rings is 2. The molecular formula is C21H29IN4O3. The molecule has 1 amide bonds. The Balaban J connectivity index is 0.00000420. The zero-order valence-electron chi connectivity index (χ0n) is 17.0. The molecule has 0 aliphatic carbocycles. The van der Waals surface area contributed by atoms with Crippen molar-refractivity contribution >= 4 is 41.5 Å². The van der Waals surface area contributed by atoms with Crippen molar-refractivity contribution in [2.45, 2.75) is 20.0 Å². The molecule has 1 atom stereocenters. The van der Waals surface area contributed by atoms with Crippen molar-refractivity contribution in [3.63, 3.8) is 0 Å². The molecule has 0 spiro atoms. The van der Waals surface area contributed by atoms with E-state index >= 15 is 0 Å². The second-order valence-electron chi connectivity index (χ2n) is 6.07. The predicted molar refractivity (Wildman–Crippen MR) is 128 cm³/mol. The van der Waals surface area contributed by atoms with Crippen LogP contribution in [0.4, 0.5) is 5.69 Å². The Labute approximate surface area is 189 Å². The number of nitrogens with one attached hydrogen (secondary N) is 3. The molecule has 0 radical (unpaired) electrons. The van der Waals surface area contributed by atoms with Gasteiger partial charge in [0.05, 0.1) is 13.7 Å². The first-order valence-electron chi connectivity index (χ1n) is 9.29. The van der Waals surface area contributed by atoms with Crippen LogP contribution in [0.2, 0.25) is 0 Å². The third kappa shape index (κ3) is 9.03. The van der Waals surface area contributed by atoms with Crippen molar-refractivity contribution in [2.75, 3.05) is 32.1 Å². The molecule has 3 N–H and O–H groups in total. The first kappa shape index (κ1) is 24.5. The molecule has 2 aromatic carbocycles. The minimum atomic E-state index is -0.179. The van der Waals surface area contributed by atoms with E-state index in [1.807, 2.05) is 68.4 Å². The Morgan fingerprint density at radius 1 is 1.03 bits per heavy atom. The molecule has 0 saturated carbocycles. The maximum Gasteiger partial charge on any atom is 0.246 e. The Bertz CT molecular complexity index is 772. The summed E-state index contributed by atoms with van der Waals surface area (Å²) >= 11 is 0. The van der Waals surface area contributed by atoms with E-state index in [1.54, 1.807) is 7.11 Å². The molecule has 0 aliphatic heterocycles. The van der Waals surface area contributed by atoms with Crippen molar-refractivity contribution in [1.82, 2.24) is 10.6 Å². The van der Waals surface area contributed by atoms with Crippen LogP contribution < -0.4 is 25.4 Å². The number of carbonyl (C=O) groups is 1. The Kier molecular flexibility index (Phi) is 11.6. The summed E-state index contributed by atoms with van der Waals surface area (Å²) in [6.45, 7) is 5.14. The second kappa shape index (κ2) is 13.6. The number of guanidine groups is 1. The number of aliphatic imine (C=N–C) groups is 1. The third-order valence-electron chi connectivity index (χ3n) is 3.74. The molecule has 8 heteroatoms. The number of halogens is 1. The topological polar surface area (TPSA) is 84.0 Å². The number of amides is 1. The lowest BCUT2D eigenvalue weighted by atomic mass is 10.3. The maximum atomic E-state index is 12.1. The lowest BCUT2D eigenvalue weighted by molar-refractivity contribution is -0.114. The highest BCUT2D eigenvalue weighted by atomic mass is 127. The van der Waals surface area contributed by atoms with Gasteiger partial charge in [-0.3, -0.25) is 4.79 Å². The zero-order valence-corrected chi connectivity index (χ0v) is 19.3. The molecule has 0 bridgehead atoms. The zero-order chi connectivity index (χ0) is 20.2. The molecule has 29 heavy (non-hydrogen) atoms. The van der Waals surface area contributed by atoms with Crippen LogP contribution in [-0.2, 0) is 4.79 Å². The molecule has 158 valence electrons. The van der Waals surface area contributed by atoms with Crippen LogP contribution >= 0.6 is 24.0 Å². The maximum absolute atomic E-state index is 12.1. The van der Waals surface area contributed by atoms with Gasteiger partial charge in [-0.05, 0) is 38.1 Å². The van der Waals surface area contributed by atoms with Crippen LogP contribution in [0.25, 0.3) is 0 Å². The normalized spacial score (nSPS) is 11.6. The monoisotopic (exact) mass is 512 g/mol. The number of nitrogens with zero attached hydrogens (tertiary/aromatic N) is 1. The van der Waals surface area contributed by atoms with Crippen molar-refractivity contribution in [2.24, 2.45) is 4.99 Å². The van der Waals surface area contributed by atoms with E-state index in [-0.39, 0.29) is 42.5 Å². The number of carbonyl (C=O) groups excluding carboxylic acids is 1. The number of ether oxygens (including phenoxy) is 2. The van der Waals surface area contributed by atoms with E-state index < -0.39 is 0 Å². The molecule has 7 nitrogen and oxygen atoms in total. The summed E-state index contributed by atoms with van der Waals surface area (Å²) in [6.07, 6.45) is -0.127. The average molecular weight is 512 g/mol. The largest absolute Gasteiger partial charge is 0.493 e. The van der Waals surface area contributed by atoms with Gasteiger partial charge in [-0.15, -0.1) is 24.0 Å². The summed E-state index contributed by atoms with van der Waals surface area (Å²) in [4.78, 5) is 16.4. The number of hydrogen-bond acceptors (Lipinski definition) is 4. The quantitative estimate of drug-likeness (QED) is 0.273. The SMILES string of the molecule is CCNC(=NCC(=O)Nc1ccccc1)NCC(C)Oc1ccccc1OC.I. The summed E-state index contributed by atoms with van der Waals surface area (Å²) in [5.74, 6) is 1.75. The number of para-hydroxylation sites is 3. The van der Waals surface area contributed by atoms with Crippen LogP contribution in [0.5, 0.6) is 11.5 Å². The number of hydrogen-bond donors (Lipinski definition) is 3. The van der Waals surface area contributed by atoms with Crippen LogP contribution in [0.15, 0.2) is 59.6 Å². The molecule has 0 fully saturated rings. The van der Waals surface area contributed by atoms with E-state index in [2.05, 4.69) is 20.9 Å². The Morgan fingerprint density at radius 2 is 1.69 bits per heavy atom. The minimum absolute atomic E-state index is 0. The number of rotatable bonds is 9. The van der Waals surface area contributed by atoms with E-state index in [0.29, 0.717) is 30.5 Å². The fourth-order valence-corrected chi connectivity index (χ4v) is 2.43. The smallest absolute Gasteiger partial charge is 0.246 e. The van der Waals surface area contributed by atoms with Crippen LogP contribution in [0.3, 0.4) is 0 Å². The van der Waals surface area contributed by atoms with E-state index in [9.17, 15) is 4.79 Å². The molecule has 0 aliphatic rings. The van der Waals surface area contributed by atoms with Crippen LogP contribution in [0, 0.1) is 0 Å². The molecular weight excluding hydrogens is 483 g/mol. The van der Waals surface area contributed by atoms with Crippen molar-refractivity contribution < 1.29 is 14.3 Å². The molecule has 0 heterocycles. The Hall–Kier alpha value is -2.49. The van der Waals surface area contributed by atoms with Crippen LogP contribution in [0.1, 0.15) is 13.8 Å². The fraction of sp³-hybridized carbons (Fsp3) is 0.333. The van der Waals surface area contributed by atoms with Crippen molar-refractivity contribution in [1.29, 1.82) is 0 Å². The van der Waals surface area contributed by atoms with Gasteiger partial charge in [0.2, 0.25) is 5.91 Å². The molecule has 0 saturated heterocycles. The van der Waals surface area contributed by atoms with Gasteiger partial charge in [-0.1, -0.05) is 30.3 Å². The number of anilines is 1. The van der Waals surface area contributed by atoms with Crippen molar-refractivity contribution in [3.8, 4) is 11.5 Å². The van der Waals surface area contributed by atoms with Gasteiger partial charge in [0.15, 0.2) is 17.5 Å². The first-order valence-corrected chi connectivity index (χ1v) is 9.29. The average Bonchev–Trinajstić information content (AvgIpc) is 2.71. The summed E-state index contributed by atoms with van der Waals surface area (Å²) in [6, 6.07) is 16.8. The first-order chi connectivity index (χ1) is 13.6. The molecule has 2 aromatic rings. The van der Waals surface area contributed by atoms with Gasteiger partial charge >= 0.3 is 0 Å². The fourth-order valence-electron chi connectivity index (χ4n) is 2.43. The van der Waals surface area contributed by atoms with E-state index in [0.717, 1.165) is 5.69 Å². The van der Waals surface area contributed by atoms with E-state index in [1.165, 1.54) is 0 Å². The predicted octanol–water partition coefficient (Wildman–Crippen LogP) is 3.27. The number of methoxy groups -OCH3 is 1. The van der Waals surface area contributed by atoms with Gasteiger partial charge in [0, 0.05) is 12.2 Å². The highest BCUT2D eigenvalue weighted by Crippen LogP contribution is 2.26. The van der Waals surface area contributed by atoms with Gasteiger partial charge < -0.3 is 25.4 Å². The molecule has 0 aromatic heterocycles. The van der Waals surface area contributed by atoms with Crippen molar-refractivity contribution in [3.05, 3.63) is 54.6 Å². The highest BCUT2D eigenvalue weighted by molar-refractivity contribution is 14.0. The molecule has 2 rings (SSSR count). The second-order valence-corrected chi connectivity index (χ2v) is 6.07. The highest BCUT2D eigenvalue weighted by Gasteiger charge is 2.10. The standard InChI is InChI=1S/C21H28N4O3.HI/c1-4-22-21(24-15-20(26)25-17-10-6-5-7-11-17)23-14-16(2)28-19-13-9-8-12-18(19)27-3;/h5-13,16H,4,14-15H2,1-3H3,(H,25,26)(H2,22,23,24);1H. The summed E-state index contributed by atoms with van der Waals surface area (Å²) in [5.41, 5.74) is 0.750.